The largest absolute Gasteiger partial charge is 0.306 e. The average Bonchev–Trinajstić information content (AvgIpc) is 3.01. The summed E-state index contributed by atoms with van der Waals surface area (Å²) in [5, 5.41) is 4.60. The number of nitrogens with zero attached hydrogens (tertiary/aromatic N) is 2. The van der Waals surface area contributed by atoms with Crippen LogP contribution in [0.4, 0.5) is 5.82 Å². The van der Waals surface area contributed by atoms with Gasteiger partial charge >= 0.3 is 0 Å². The second-order valence-electron chi connectivity index (χ2n) is 5.90. The van der Waals surface area contributed by atoms with Crippen molar-refractivity contribution in [2.75, 3.05) is 25.5 Å². The van der Waals surface area contributed by atoms with E-state index in [1.165, 1.54) is 11.3 Å². The van der Waals surface area contributed by atoms with E-state index >= 15 is 0 Å². The minimum absolute atomic E-state index is 0. The molecule has 134 valence electrons. The van der Waals surface area contributed by atoms with E-state index < -0.39 is 0 Å². The molecule has 1 amide bonds. The molecule has 8 heteroatoms. The van der Waals surface area contributed by atoms with E-state index in [1.54, 1.807) is 18.2 Å². The predicted octanol–water partition coefficient (Wildman–Crippen LogP) is 4.10. The molecule has 0 bridgehead atoms. The Morgan fingerprint density at radius 1 is 1.28 bits per heavy atom. The Morgan fingerprint density at radius 2 is 2.00 bits per heavy atom. The second kappa shape index (κ2) is 8.89. The van der Waals surface area contributed by atoms with Crippen molar-refractivity contribution < 1.29 is 9.59 Å². The number of thiophene rings is 1. The average molecular weight is 445 g/mol. The number of piperidine rings is 1. The van der Waals surface area contributed by atoms with Crippen LogP contribution in [0.3, 0.4) is 0 Å². The number of aromatic nitrogens is 1. The molecule has 2 aromatic rings. The molecule has 0 unspecified atom stereocenters. The fourth-order valence-electron chi connectivity index (χ4n) is 2.75. The summed E-state index contributed by atoms with van der Waals surface area (Å²) in [7, 11) is 2.07. The van der Waals surface area contributed by atoms with E-state index in [1.807, 2.05) is 11.4 Å². The van der Waals surface area contributed by atoms with Crippen LogP contribution >= 0.6 is 39.7 Å². The summed E-state index contributed by atoms with van der Waals surface area (Å²) in [6.07, 6.45) is 1.71. The number of nitrogens with one attached hydrogen (secondary N) is 1. The minimum Gasteiger partial charge on any atom is -0.306 e. The number of anilines is 1. The van der Waals surface area contributed by atoms with Crippen LogP contribution in [0.15, 0.2) is 34.1 Å². The molecule has 1 aliphatic heterocycles. The van der Waals surface area contributed by atoms with Gasteiger partial charge in [0.25, 0.3) is 5.91 Å². The van der Waals surface area contributed by atoms with Gasteiger partial charge in [0.1, 0.15) is 16.4 Å². The van der Waals surface area contributed by atoms with Crippen LogP contribution in [0.1, 0.15) is 33.0 Å². The maximum atomic E-state index is 12.6. The van der Waals surface area contributed by atoms with Crippen LogP contribution in [0.25, 0.3) is 0 Å². The standard InChI is InChI=1S/C17H18BrN3O2S.ClH/c1-21-8-5-11(6-9-21)15(22)13-3-2-4-14(19-13)20-17(23)16-12(18)7-10-24-16;/h2-4,7,10-11H,5-6,8-9H2,1H3,(H,19,20,23);1H. The molecule has 0 radical (unpaired) electrons. The van der Waals surface area contributed by atoms with E-state index in [0.29, 0.717) is 16.4 Å². The third-order valence-electron chi connectivity index (χ3n) is 4.16. The van der Waals surface area contributed by atoms with Crippen LogP contribution in [0.5, 0.6) is 0 Å². The van der Waals surface area contributed by atoms with E-state index in [2.05, 4.69) is 38.2 Å². The zero-order chi connectivity index (χ0) is 17.1. The number of hydrogen-bond donors (Lipinski definition) is 1. The first-order valence-corrected chi connectivity index (χ1v) is 9.46. The van der Waals surface area contributed by atoms with Crippen molar-refractivity contribution in [3.05, 3.63) is 44.7 Å². The number of Topliss-reactive ketones (excluding diaryl/α,β-unsaturated/α-hetero) is 1. The molecule has 0 aromatic carbocycles. The molecule has 0 spiro atoms. The summed E-state index contributed by atoms with van der Waals surface area (Å²) in [4.78, 5) is 32.0. The van der Waals surface area contributed by atoms with Crippen molar-refractivity contribution in [3.63, 3.8) is 0 Å². The van der Waals surface area contributed by atoms with Gasteiger partial charge in [0.05, 0.1) is 0 Å². The van der Waals surface area contributed by atoms with Gasteiger partial charge in [-0.3, -0.25) is 9.59 Å². The highest BCUT2D eigenvalue weighted by Gasteiger charge is 2.25. The maximum Gasteiger partial charge on any atom is 0.268 e. The van der Waals surface area contributed by atoms with Crippen molar-refractivity contribution >= 4 is 57.2 Å². The molecule has 0 aliphatic carbocycles. The zero-order valence-electron chi connectivity index (χ0n) is 13.7. The van der Waals surface area contributed by atoms with Gasteiger partial charge in [-0.2, -0.15) is 0 Å². The molecule has 1 N–H and O–H groups in total. The van der Waals surface area contributed by atoms with Crippen LogP contribution in [-0.2, 0) is 0 Å². The number of ketones is 1. The molecule has 2 aromatic heterocycles. The Hall–Kier alpha value is -1.28. The summed E-state index contributed by atoms with van der Waals surface area (Å²) in [6, 6.07) is 7.00. The number of rotatable bonds is 4. The van der Waals surface area contributed by atoms with Gasteiger partial charge in [0.2, 0.25) is 0 Å². The van der Waals surface area contributed by atoms with E-state index in [-0.39, 0.29) is 30.0 Å². The first-order valence-electron chi connectivity index (χ1n) is 7.79. The number of pyridine rings is 1. The number of amides is 1. The topological polar surface area (TPSA) is 62.3 Å². The maximum absolute atomic E-state index is 12.6. The lowest BCUT2D eigenvalue weighted by atomic mass is 9.91. The highest BCUT2D eigenvalue weighted by atomic mass is 79.9. The van der Waals surface area contributed by atoms with E-state index in [4.69, 9.17) is 0 Å². The number of halogens is 2. The normalized spacial score (nSPS) is 15.4. The lowest BCUT2D eigenvalue weighted by molar-refractivity contribution is 0.0851. The molecule has 1 saturated heterocycles. The Labute approximate surface area is 165 Å². The summed E-state index contributed by atoms with van der Waals surface area (Å²) in [5.41, 5.74) is 0.424. The van der Waals surface area contributed by atoms with Crippen molar-refractivity contribution in [1.29, 1.82) is 0 Å². The molecule has 0 saturated carbocycles. The van der Waals surface area contributed by atoms with E-state index in [9.17, 15) is 9.59 Å². The number of carbonyl (C=O) groups is 2. The summed E-state index contributed by atoms with van der Waals surface area (Å²) in [6.45, 7) is 1.86. The molecule has 25 heavy (non-hydrogen) atoms. The predicted molar refractivity (Wildman–Crippen MR) is 106 cm³/mol. The van der Waals surface area contributed by atoms with Gasteiger partial charge < -0.3 is 10.2 Å². The third-order valence-corrected chi connectivity index (χ3v) is 5.99. The van der Waals surface area contributed by atoms with Crippen molar-refractivity contribution in [2.24, 2.45) is 5.92 Å². The van der Waals surface area contributed by atoms with Gasteiger partial charge in [-0.25, -0.2) is 4.98 Å². The molecule has 1 fully saturated rings. The number of hydrogen-bond acceptors (Lipinski definition) is 5. The van der Waals surface area contributed by atoms with Crippen molar-refractivity contribution in [1.82, 2.24) is 9.88 Å². The van der Waals surface area contributed by atoms with Gasteiger partial charge in [0, 0.05) is 10.4 Å². The molecular formula is C17H19BrClN3O2S. The summed E-state index contributed by atoms with van der Waals surface area (Å²) in [5.74, 6) is 0.259. The van der Waals surface area contributed by atoms with E-state index in [0.717, 1.165) is 30.4 Å². The van der Waals surface area contributed by atoms with Gasteiger partial charge in [-0.15, -0.1) is 23.7 Å². The van der Waals surface area contributed by atoms with Gasteiger partial charge in [-0.1, -0.05) is 6.07 Å². The molecule has 1 aliphatic rings. The van der Waals surface area contributed by atoms with Crippen LogP contribution in [-0.4, -0.2) is 41.7 Å². The molecule has 0 atom stereocenters. The van der Waals surface area contributed by atoms with Crippen molar-refractivity contribution in [2.45, 2.75) is 12.8 Å². The molecule has 5 nitrogen and oxygen atoms in total. The molecule has 3 rings (SSSR count). The Kier molecular flexibility index (Phi) is 7.13. The van der Waals surface area contributed by atoms with Gasteiger partial charge in [-0.05, 0) is 72.5 Å². The fraction of sp³-hybridized carbons (Fsp3) is 0.353. The van der Waals surface area contributed by atoms with Crippen LogP contribution < -0.4 is 5.32 Å². The molecule has 3 heterocycles. The number of likely N-dealkylation sites (tertiary alicyclic amines) is 1. The molecular weight excluding hydrogens is 426 g/mol. The summed E-state index contributed by atoms with van der Waals surface area (Å²) < 4.78 is 0.753. The summed E-state index contributed by atoms with van der Waals surface area (Å²) >= 11 is 4.70. The Bertz CT molecular complexity index is 760. The number of carbonyl (C=O) groups excluding carboxylic acids is 2. The Morgan fingerprint density at radius 3 is 2.64 bits per heavy atom. The highest BCUT2D eigenvalue weighted by Crippen LogP contribution is 2.24. The lowest BCUT2D eigenvalue weighted by Crippen LogP contribution is -2.33. The van der Waals surface area contributed by atoms with Crippen LogP contribution in [0.2, 0.25) is 0 Å². The fourth-order valence-corrected chi connectivity index (χ4v) is 4.20. The first kappa shape index (κ1) is 20.0. The zero-order valence-corrected chi connectivity index (χ0v) is 16.9. The first-order chi connectivity index (χ1) is 11.5. The second-order valence-corrected chi connectivity index (χ2v) is 7.67. The monoisotopic (exact) mass is 443 g/mol. The SMILES string of the molecule is CN1CCC(C(=O)c2cccc(NC(=O)c3sccc3Br)n2)CC1.Cl. The lowest BCUT2D eigenvalue weighted by Gasteiger charge is -2.27. The van der Waals surface area contributed by atoms with Gasteiger partial charge in [0.15, 0.2) is 5.78 Å². The quantitative estimate of drug-likeness (QED) is 0.721. The minimum atomic E-state index is -0.228. The van der Waals surface area contributed by atoms with Crippen LogP contribution in [0, 0.1) is 5.92 Å². The van der Waals surface area contributed by atoms with Crippen molar-refractivity contribution in [3.8, 4) is 0 Å². The smallest absolute Gasteiger partial charge is 0.268 e. The highest BCUT2D eigenvalue weighted by molar-refractivity contribution is 9.10. The Balaban J connectivity index is 0.00000225. The third kappa shape index (κ3) is 4.88.